The van der Waals surface area contributed by atoms with E-state index in [9.17, 15) is 19.4 Å². The number of carbonyl (C=O) groups is 1. The predicted octanol–water partition coefficient (Wildman–Crippen LogP) is -1.76. The summed E-state index contributed by atoms with van der Waals surface area (Å²) in [7, 11) is 0. The van der Waals surface area contributed by atoms with Crippen LogP contribution in [0.25, 0.3) is 0 Å². The SMILES string of the molecule is O=C1OC[C@@H](F)[C@H]2[C@H](O)[C@@H](O)[C@H](CO)N12. The molecule has 2 fully saturated rings. The van der Waals surface area contributed by atoms with E-state index < -0.39 is 49.8 Å². The first-order valence-electron chi connectivity index (χ1n) is 4.64. The Morgan fingerprint density at radius 2 is 2.13 bits per heavy atom. The summed E-state index contributed by atoms with van der Waals surface area (Å²) in [6, 6.07) is -2.13. The molecule has 2 heterocycles. The lowest BCUT2D eigenvalue weighted by Crippen LogP contribution is -2.55. The zero-order valence-corrected chi connectivity index (χ0v) is 7.78. The van der Waals surface area contributed by atoms with E-state index >= 15 is 0 Å². The van der Waals surface area contributed by atoms with E-state index in [1.54, 1.807) is 0 Å². The average molecular weight is 221 g/mol. The first-order valence-corrected chi connectivity index (χ1v) is 4.64. The summed E-state index contributed by atoms with van der Waals surface area (Å²) >= 11 is 0. The largest absolute Gasteiger partial charge is 0.446 e. The third-order valence-electron chi connectivity index (χ3n) is 2.91. The Morgan fingerprint density at radius 1 is 1.47 bits per heavy atom. The Labute approximate surface area is 84.9 Å². The molecule has 2 aliphatic rings. The monoisotopic (exact) mass is 221 g/mol. The van der Waals surface area contributed by atoms with Crippen molar-refractivity contribution in [1.82, 2.24) is 4.90 Å². The molecular formula is C8H12FNO5. The van der Waals surface area contributed by atoms with Crippen LogP contribution in [0.15, 0.2) is 0 Å². The Bertz CT molecular complexity index is 276. The molecule has 5 atom stereocenters. The van der Waals surface area contributed by atoms with Crippen LogP contribution in [-0.2, 0) is 4.74 Å². The van der Waals surface area contributed by atoms with Gasteiger partial charge < -0.3 is 20.1 Å². The third-order valence-corrected chi connectivity index (χ3v) is 2.91. The highest BCUT2D eigenvalue weighted by molar-refractivity contribution is 5.70. The molecule has 0 saturated carbocycles. The Hall–Kier alpha value is -0.920. The van der Waals surface area contributed by atoms with Crippen molar-refractivity contribution in [2.24, 2.45) is 0 Å². The predicted molar refractivity (Wildman–Crippen MR) is 44.8 cm³/mol. The number of carbonyl (C=O) groups excluding carboxylic acids is 1. The van der Waals surface area contributed by atoms with E-state index in [1.807, 2.05) is 0 Å². The number of ether oxygens (including phenoxy) is 1. The molecule has 7 heteroatoms. The Kier molecular flexibility index (Phi) is 2.53. The molecule has 2 rings (SSSR count). The van der Waals surface area contributed by atoms with E-state index in [-0.39, 0.29) is 0 Å². The van der Waals surface area contributed by atoms with E-state index in [0.717, 1.165) is 4.90 Å². The summed E-state index contributed by atoms with van der Waals surface area (Å²) in [5, 5.41) is 28.0. The minimum absolute atomic E-state index is 0.429. The lowest BCUT2D eigenvalue weighted by atomic mass is 10.0. The maximum absolute atomic E-state index is 13.4. The molecule has 0 aromatic carbocycles. The molecule has 2 aliphatic heterocycles. The normalized spacial score (nSPS) is 45.2. The standard InChI is InChI=1S/C8H12FNO5/c9-3-2-15-8(14)10-4(1-11)6(12)7(13)5(3)10/h3-7,11-13H,1-2H2/t3-,4+,5+,6+,7+/m1/s1. The van der Waals surface area contributed by atoms with Gasteiger partial charge >= 0.3 is 6.09 Å². The number of cyclic esters (lactones) is 1. The van der Waals surface area contributed by atoms with Crippen LogP contribution >= 0.6 is 0 Å². The third kappa shape index (κ3) is 1.38. The highest BCUT2D eigenvalue weighted by Crippen LogP contribution is 2.32. The lowest BCUT2D eigenvalue weighted by molar-refractivity contribution is -0.0331. The smallest absolute Gasteiger partial charge is 0.410 e. The van der Waals surface area contributed by atoms with Crippen molar-refractivity contribution in [3.8, 4) is 0 Å². The van der Waals surface area contributed by atoms with Gasteiger partial charge in [0.2, 0.25) is 0 Å². The highest BCUT2D eigenvalue weighted by atomic mass is 19.1. The van der Waals surface area contributed by atoms with Gasteiger partial charge in [-0.25, -0.2) is 9.18 Å². The van der Waals surface area contributed by atoms with Crippen LogP contribution in [-0.4, -0.2) is 70.0 Å². The van der Waals surface area contributed by atoms with Gasteiger partial charge in [0.25, 0.3) is 0 Å². The van der Waals surface area contributed by atoms with Crippen LogP contribution in [0.2, 0.25) is 0 Å². The van der Waals surface area contributed by atoms with Crippen molar-refractivity contribution in [2.45, 2.75) is 30.5 Å². The topological polar surface area (TPSA) is 90.2 Å². The number of hydrogen-bond acceptors (Lipinski definition) is 5. The maximum Gasteiger partial charge on any atom is 0.410 e. The summed E-state index contributed by atoms with van der Waals surface area (Å²) < 4.78 is 17.9. The van der Waals surface area contributed by atoms with Gasteiger partial charge in [-0.2, -0.15) is 0 Å². The van der Waals surface area contributed by atoms with Gasteiger partial charge in [0.15, 0.2) is 6.17 Å². The average Bonchev–Trinajstić information content (AvgIpc) is 2.47. The molecule has 3 N–H and O–H groups in total. The summed E-state index contributed by atoms with van der Waals surface area (Å²) in [6.45, 7) is -0.974. The fourth-order valence-corrected chi connectivity index (χ4v) is 2.15. The van der Waals surface area contributed by atoms with Gasteiger partial charge in [0.1, 0.15) is 18.8 Å². The first kappa shape index (κ1) is 10.6. The molecule has 0 aromatic rings. The number of aliphatic hydroxyl groups excluding tert-OH is 3. The Morgan fingerprint density at radius 3 is 2.73 bits per heavy atom. The number of amides is 1. The summed E-state index contributed by atoms with van der Waals surface area (Å²) in [6.07, 6.45) is -5.10. The molecule has 0 unspecified atom stereocenters. The number of rotatable bonds is 1. The van der Waals surface area contributed by atoms with Crippen LogP contribution in [0.5, 0.6) is 0 Å². The van der Waals surface area contributed by atoms with E-state index in [4.69, 9.17) is 5.11 Å². The second kappa shape index (κ2) is 3.58. The molecule has 0 radical (unpaired) electrons. The van der Waals surface area contributed by atoms with E-state index in [1.165, 1.54) is 0 Å². The number of aliphatic hydroxyl groups is 3. The van der Waals surface area contributed by atoms with Crippen LogP contribution < -0.4 is 0 Å². The van der Waals surface area contributed by atoms with Crippen LogP contribution in [0.4, 0.5) is 9.18 Å². The molecule has 15 heavy (non-hydrogen) atoms. The Balaban J connectivity index is 2.30. The molecule has 2 saturated heterocycles. The van der Waals surface area contributed by atoms with Crippen molar-refractivity contribution in [3.05, 3.63) is 0 Å². The van der Waals surface area contributed by atoms with Crippen molar-refractivity contribution >= 4 is 6.09 Å². The zero-order chi connectivity index (χ0) is 11.2. The zero-order valence-electron chi connectivity index (χ0n) is 7.78. The van der Waals surface area contributed by atoms with Crippen molar-refractivity contribution in [3.63, 3.8) is 0 Å². The van der Waals surface area contributed by atoms with E-state index in [0.29, 0.717) is 0 Å². The van der Waals surface area contributed by atoms with Crippen LogP contribution in [0.1, 0.15) is 0 Å². The minimum Gasteiger partial charge on any atom is -0.446 e. The van der Waals surface area contributed by atoms with Gasteiger partial charge in [-0.3, -0.25) is 4.90 Å². The summed E-state index contributed by atoms with van der Waals surface area (Å²) in [4.78, 5) is 12.2. The van der Waals surface area contributed by atoms with Crippen molar-refractivity contribution < 1.29 is 29.2 Å². The molecule has 0 bridgehead atoms. The number of hydrogen-bond donors (Lipinski definition) is 3. The second-order valence-electron chi connectivity index (χ2n) is 3.72. The van der Waals surface area contributed by atoms with Gasteiger partial charge in [-0.15, -0.1) is 0 Å². The van der Waals surface area contributed by atoms with E-state index in [2.05, 4.69) is 4.74 Å². The molecule has 0 aromatic heterocycles. The second-order valence-corrected chi connectivity index (χ2v) is 3.72. The van der Waals surface area contributed by atoms with Crippen LogP contribution in [0, 0.1) is 0 Å². The van der Waals surface area contributed by atoms with Gasteiger partial charge in [-0.05, 0) is 0 Å². The number of alkyl halides is 1. The van der Waals surface area contributed by atoms with Crippen molar-refractivity contribution in [1.29, 1.82) is 0 Å². The fourth-order valence-electron chi connectivity index (χ4n) is 2.15. The molecular weight excluding hydrogens is 209 g/mol. The number of fused-ring (bicyclic) bond motifs is 1. The van der Waals surface area contributed by atoms with Gasteiger partial charge in [0, 0.05) is 0 Å². The molecule has 86 valence electrons. The molecule has 0 aliphatic carbocycles. The molecule has 0 spiro atoms. The fraction of sp³-hybridized carbons (Fsp3) is 0.875. The van der Waals surface area contributed by atoms with Gasteiger partial charge in [-0.1, -0.05) is 0 Å². The molecule has 6 nitrogen and oxygen atoms in total. The number of nitrogens with zero attached hydrogens (tertiary/aromatic N) is 1. The summed E-state index contributed by atoms with van der Waals surface area (Å²) in [5.41, 5.74) is 0. The van der Waals surface area contributed by atoms with Gasteiger partial charge in [0.05, 0.1) is 18.7 Å². The van der Waals surface area contributed by atoms with Crippen molar-refractivity contribution in [2.75, 3.05) is 13.2 Å². The maximum atomic E-state index is 13.4. The highest BCUT2D eigenvalue weighted by Gasteiger charge is 2.55. The summed E-state index contributed by atoms with van der Waals surface area (Å²) in [5.74, 6) is 0. The quantitative estimate of drug-likeness (QED) is 0.488. The lowest BCUT2D eigenvalue weighted by Gasteiger charge is -2.34. The molecule has 1 amide bonds. The first-order chi connectivity index (χ1) is 7.07. The van der Waals surface area contributed by atoms with Crippen LogP contribution in [0.3, 0.4) is 0 Å². The number of halogens is 1. The minimum atomic E-state index is -1.55.